The Morgan fingerprint density at radius 2 is 2.07 bits per heavy atom. The van der Waals surface area contributed by atoms with Gasteiger partial charge in [-0.25, -0.2) is 12.7 Å². The van der Waals surface area contributed by atoms with E-state index >= 15 is 0 Å². The third kappa shape index (κ3) is 2.27. The Labute approximate surface area is 85.7 Å². The molecule has 0 amide bonds. The molecule has 14 heavy (non-hydrogen) atoms. The molecule has 2 aliphatic rings. The summed E-state index contributed by atoms with van der Waals surface area (Å²) in [5.41, 5.74) is 0. The molecule has 82 valence electrons. The van der Waals surface area contributed by atoms with E-state index in [-0.39, 0.29) is 0 Å². The molecule has 5 heteroatoms. The predicted octanol–water partition coefficient (Wildman–Crippen LogP) is 0.164. The van der Waals surface area contributed by atoms with Gasteiger partial charge in [0.1, 0.15) is 0 Å². The van der Waals surface area contributed by atoms with Crippen molar-refractivity contribution >= 4 is 10.0 Å². The van der Waals surface area contributed by atoms with E-state index in [1.165, 1.54) is 6.42 Å². The lowest BCUT2D eigenvalue weighted by Gasteiger charge is -2.30. The van der Waals surface area contributed by atoms with Crippen LogP contribution in [-0.2, 0) is 10.0 Å². The summed E-state index contributed by atoms with van der Waals surface area (Å²) < 4.78 is 24.9. The van der Waals surface area contributed by atoms with Crippen LogP contribution in [0.4, 0.5) is 0 Å². The lowest BCUT2D eigenvalue weighted by Crippen LogP contribution is -2.43. The summed E-state index contributed by atoms with van der Waals surface area (Å²) in [6, 6.07) is 0.436. The minimum Gasteiger partial charge on any atom is -0.314 e. The number of rotatable bonds is 4. The van der Waals surface area contributed by atoms with Crippen LogP contribution in [0.1, 0.15) is 25.7 Å². The molecule has 0 bridgehead atoms. The molecule has 0 aromatic carbocycles. The number of hydrogen-bond donors (Lipinski definition) is 1. The number of hydrogen-bond acceptors (Lipinski definition) is 3. The van der Waals surface area contributed by atoms with E-state index < -0.39 is 10.0 Å². The molecule has 0 saturated carbocycles. The monoisotopic (exact) mass is 218 g/mol. The average molecular weight is 218 g/mol. The average Bonchev–Trinajstić information content (AvgIpc) is 2.48. The Kier molecular flexibility index (Phi) is 3.09. The quantitative estimate of drug-likeness (QED) is 0.731. The Morgan fingerprint density at radius 3 is 2.57 bits per heavy atom. The summed E-state index contributed by atoms with van der Waals surface area (Å²) in [7, 11) is -2.92. The summed E-state index contributed by atoms with van der Waals surface area (Å²) in [6.45, 7) is 2.52. The van der Waals surface area contributed by atoms with Crippen LogP contribution < -0.4 is 5.32 Å². The zero-order valence-corrected chi connectivity index (χ0v) is 9.22. The molecule has 1 N–H and O–H groups in total. The number of sulfonamides is 1. The first kappa shape index (κ1) is 10.4. The summed E-state index contributed by atoms with van der Waals surface area (Å²) in [5, 5.41) is 3.32. The Balaban J connectivity index is 1.78. The topological polar surface area (TPSA) is 49.4 Å². The second-order valence-electron chi connectivity index (χ2n) is 4.15. The molecular weight excluding hydrogens is 200 g/mol. The van der Waals surface area contributed by atoms with Crippen LogP contribution in [-0.4, -0.2) is 44.2 Å². The second-order valence-corrected chi connectivity index (χ2v) is 6.24. The standard InChI is InChI=1S/C9H18N2O2S/c12-14(13,11-6-2-7-11)8-4-9-3-1-5-10-9/h9-10H,1-8H2. The van der Waals surface area contributed by atoms with Crippen molar-refractivity contribution in [1.82, 2.24) is 9.62 Å². The zero-order chi connectivity index (χ0) is 10.0. The summed E-state index contributed by atoms with van der Waals surface area (Å²) in [4.78, 5) is 0. The zero-order valence-electron chi connectivity index (χ0n) is 8.41. The van der Waals surface area contributed by atoms with E-state index in [9.17, 15) is 8.42 Å². The van der Waals surface area contributed by atoms with Crippen LogP contribution in [0.5, 0.6) is 0 Å². The first-order valence-electron chi connectivity index (χ1n) is 5.40. The van der Waals surface area contributed by atoms with E-state index in [1.54, 1.807) is 4.31 Å². The van der Waals surface area contributed by atoms with Crippen LogP contribution in [0.3, 0.4) is 0 Å². The van der Waals surface area contributed by atoms with E-state index in [0.29, 0.717) is 11.8 Å². The molecule has 0 aliphatic carbocycles. The Morgan fingerprint density at radius 1 is 1.29 bits per heavy atom. The highest BCUT2D eigenvalue weighted by Gasteiger charge is 2.28. The van der Waals surface area contributed by atoms with Gasteiger partial charge in [0.25, 0.3) is 0 Å². The van der Waals surface area contributed by atoms with Gasteiger partial charge in [-0.3, -0.25) is 0 Å². The minimum atomic E-state index is -2.92. The molecule has 2 aliphatic heterocycles. The molecule has 2 fully saturated rings. The molecule has 0 aromatic rings. The number of nitrogens with zero attached hydrogens (tertiary/aromatic N) is 1. The highest BCUT2D eigenvalue weighted by Crippen LogP contribution is 2.16. The summed E-state index contributed by atoms with van der Waals surface area (Å²) >= 11 is 0. The SMILES string of the molecule is O=S(=O)(CCC1CCCN1)N1CCC1. The van der Waals surface area contributed by atoms with Gasteiger partial charge in [-0.05, 0) is 32.2 Å². The maximum Gasteiger partial charge on any atom is 0.214 e. The molecule has 4 nitrogen and oxygen atoms in total. The maximum atomic E-state index is 11.7. The highest BCUT2D eigenvalue weighted by molar-refractivity contribution is 7.89. The van der Waals surface area contributed by atoms with E-state index in [1.807, 2.05) is 0 Å². The Hall–Kier alpha value is -0.130. The highest BCUT2D eigenvalue weighted by atomic mass is 32.2. The minimum absolute atomic E-state index is 0.324. The lowest BCUT2D eigenvalue weighted by atomic mass is 10.2. The van der Waals surface area contributed by atoms with Crippen molar-refractivity contribution in [2.45, 2.75) is 31.7 Å². The van der Waals surface area contributed by atoms with Gasteiger partial charge in [0.05, 0.1) is 5.75 Å². The molecule has 2 saturated heterocycles. The fourth-order valence-corrected chi connectivity index (χ4v) is 3.64. The van der Waals surface area contributed by atoms with Gasteiger partial charge in [-0.2, -0.15) is 0 Å². The fourth-order valence-electron chi connectivity index (χ4n) is 1.99. The third-order valence-electron chi connectivity index (χ3n) is 3.10. The molecule has 0 spiro atoms. The second kappa shape index (κ2) is 4.16. The third-order valence-corrected chi connectivity index (χ3v) is 5.00. The van der Waals surface area contributed by atoms with Crippen molar-refractivity contribution in [3.8, 4) is 0 Å². The van der Waals surface area contributed by atoms with Gasteiger partial charge in [0, 0.05) is 19.1 Å². The van der Waals surface area contributed by atoms with Crippen molar-refractivity contribution in [2.24, 2.45) is 0 Å². The normalized spacial score (nSPS) is 29.0. The van der Waals surface area contributed by atoms with E-state index in [2.05, 4.69) is 5.32 Å². The first-order chi connectivity index (χ1) is 6.68. The van der Waals surface area contributed by atoms with Crippen LogP contribution in [0.25, 0.3) is 0 Å². The van der Waals surface area contributed by atoms with Gasteiger partial charge in [0.2, 0.25) is 10.0 Å². The van der Waals surface area contributed by atoms with Crippen molar-refractivity contribution in [2.75, 3.05) is 25.4 Å². The molecule has 0 radical (unpaired) electrons. The van der Waals surface area contributed by atoms with Gasteiger partial charge in [-0.15, -0.1) is 0 Å². The van der Waals surface area contributed by atoms with Crippen molar-refractivity contribution in [1.29, 1.82) is 0 Å². The summed E-state index contributed by atoms with van der Waals surface area (Å²) in [6.07, 6.45) is 4.13. The van der Waals surface area contributed by atoms with Crippen molar-refractivity contribution in [3.05, 3.63) is 0 Å². The van der Waals surface area contributed by atoms with Crippen LogP contribution in [0.2, 0.25) is 0 Å². The van der Waals surface area contributed by atoms with Gasteiger partial charge in [-0.1, -0.05) is 0 Å². The van der Waals surface area contributed by atoms with Gasteiger partial charge < -0.3 is 5.32 Å². The van der Waals surface area contributed by atoms with Gasteiger partial charge >= 0.3 is 0 Å². The van der Waals surface area contributed by atoms with E-state index in [0.717, 1.165) is 38.9 Å². The molecule has 1 unspecified atom stereocenters. The number of nitrogens with one attached hydrogen (secondary N) is 1. The van der Waals surface area contributed by atoms with Crippen molar-refractivity contribution < 1.29 is 8.42 Å². The van der Waals surface area contributed by atoms with Crippen LogP contribution >= 0.6 is 0 Å². The lowest BCUT2D eigenvalue weighted by molar-refractivity contribution is 0.308. The molecule has 2 rings (SSSR count). The summed E-state index contributed by atoms with van der Waals surface area (Å²) in [5.74, 6) is 0.324. The molecule has 0 aromatic heterocycles. The maximum absolute atomic E-state index is 11.7. The van der Waals surface area contributed by atoms with Gasteiger partial charge in [0.15, 0.2) is 0 Å². The smallest absolute Gasteiger partial charge is 0.214 e. The van der Waals surface area contributed by atoms with Crippen LogP contribution in [0.15, 0.2) is 0 Å². The fraction of sp³-hybridized carbons (Fsp3) is 1.00. The molecular formula is C9H18N2O2S. The predicted molar refractivity (Wildman–Crippen MR) is 55.6 cm³/mol. The van der Waals surface area contributed by atoms with E-state index in [4.69, 9.17) is 0 Å². The largest absolute Gasteiger partial charge is 0.314 e. The Bertz CT molecular complexity index is 279. The van der Waals surface area contributed by atoms with Crippen LogP contribution in [0, 0.1) is 0 Å². The molecule has 1 atom stereocenters. The van der Waals surface area contributed by atoms with Crippen molar-refractivity contribution in [3.63, 3.8) is 0 Å². The molecule has 2 heterocycles. The first-order valence-corrected chi connectivity index (χ1v) is 7.00.